The van der Waals surface area contributed by atoms with Crippen molar-refractivity contribution in [3.05, 3.63) is 0 Å². The average Bonchev–Trinajstić information content (AvgIpc) is 3.07. The first kappa shape index (κ1) is 15.2. The Balaban J connectivity index is 1.81. The quantitative estimate of drug-likeness (QED) is 0.597. The van der Waals surface area contributed by atoms with Crippen molar-refractivity contribution in [2.24, 2.45) is 0 Å². The van der Waals surface area contributed by atoms with E-state index < -0.39 is 6.10 Å². The van der Waals surface area contributed by atoms with Crippen LogP contribution in [0.1, 0.15) is 45.1 Å². The second-order valence-electron chi connectivity index (χ2n) is 4.82. The Labute approximate surface area is 122 Å². The number of esters is 1. The van der Waals surface area contributed by atoms with Crippen molar-refractivity contribution in [2.75, 3.05) is 12.4 Å². The van der Waals surface area contributed by atoms with Gasteiger partial charge in [-0.05, 0) is 30.2 Å². The number of nitrogens with zero attached hydrogens (tertiary/aromatic N) is 4. The smallest absolute Gasteiger partial charge is 0.308 e. The van der Waals surface area contributed by atoms with Gasteiger partial charge in [-0.15, -0.1) is 5.10 Å². The minimum absolute atomic E-state index is 0.00579. The molecule has 112 valence electrons. The monoisotopic (exact) mass is 300 g/mol. The van der Waals surface area contributed by atoms with E-state index in [1.165, 1.54) is 24.6 Å². The van der Waals surface area contributed by atoms with Crippen molar-refractivity contribution >= 4 is 17.7 Å². The molecule has 1 fully saturated rings. The molecule has 1 aliphatic carbocycles. The van der Waals surface area contributed by atoms with Crippen LogP contribution in [0.4, 0.5) is 0 Å². The number of aliphatic hydroxyl groups excluding tert-OH is 1. The van der Waals surface area contributed by atoms with E-state index in [9.17, 15) is 9.90 Å². The zero-order valence-corrected chi connectivity index (χ0v) is 12.4. The van der Waals surface area contributed by atoms with Crippen molar-refractivity contribution in [1.29, 1.82) is 0 Å². The average molecular weight is 300 g/mol. The molecule has 8 heteroatoms. The fraction of sp³-hybridized carbons (Fsp3) is 0.833. The number of aliphatic hydroxyl groups is 1. The van der Waals surface area contributed by atoms with Crippen molar-refractivity contribution in [3.63, 3.8) is 0 Å². The SMILES string of the molecule is CCOC(=O)CC(O)CSc1nnnn1C1CCCC1. The summed E-state index contributed by atoms with van der Waals surface area (Å²) in [6.45, 7) is 2.08. The van der Waals surface area contributed by atoms with Gasteiger partial charge in [-0.1, -0.05) is 24.6 Å². The van der Waals surface area contributed by atoms with Gasteiger partial charge in [0, 0.05) is 5.75 Å². The maximum atomic E-state index is 11.3. The lowest BCUT2D eigenvalue weighted by molar-refractivity contribution is -0.144. The Morgan fingerprint density at radius 1 is 1.55 bits per heavy atom. The zero-order chi connectivity index (χ0) is 14.4. The van der Waals surface area contributed by atoms with Gasteiger partial charge >= 0.3 is 5.97 Å². The van der Waals surface area contributed by atoms with E-state index in [-0.39, 0.29) is 12.4 Å². The number of ether oxygens (including phenoxy) is 1. The van der Waals surface area contributed by atoms with E-state index >= 15 is 0 Å². The molecule has 7 nitrogen and oxygen atoms in total. The Bertz CT molecular complexity index is 434. The molecule has 0 aliphatic heterocycles. The lowest BCUT2D eigenvalue weighted by atomic mass is 10.3. The van der Waals surface area contributed by atoms with Crippen molar-refractivity contribution in [1.82, 2.24) is 20.2 Å². The molecule has 1 saturated carbocycles. The summed E-state index contributed by atoms with van der Waals surface area (Å²) in [5.74, 6) is 0.00214. The van der Waals surface area contributed by atoms with E-state index in [1.807, 2.05) is 4.68 Å². The van der Waals surface area contributed by atoms with Crippen LogP contribution in [-0.2, 0) is 9.53 Å². The van der Waals surface area contributed by atoms with Crippen LogP contribution in [0, 0.1) is 0 Å². The number of aromatic nitrogens is 4. The lowest BCUT2D eigenvalue weighted by Gasteiger charge is -2.12. The number of carbonyl (C=O) groups excluding carboxylic acids is 1. The van der Waals surface area contributed by atoms with Gasteiger partial charge in [-0.25, -0.2) is 4.68 Å². The molecule has 0 aromatic carbocycles. The first-order valence-electron chi connectivity index (χ1n) is 6.95. The zero-order valence-electron chi connectivity index (χ0n) is 11.6. The van der Waals surface area contributed by atoms with E-state index in [4.69, 9.17) is 4.74 Å². The molecule has 0 amide bonds. The topological polar surface area (TPSA) is 90.1 Å². The highest BCUT2D eigenvalue weighted by Gasteiger charge is 2.22. The summed E-state index contributed by atoms with van der Waals surface area (Å²) in [5.41, 5.74) is 0. The molecule has 20 heavy (non-hydrogen) atoms. The highest BCUT2D eigenvalue weighted by Crippen LogP contribution is 2.31. The van der Waals surface area contributed by atoms with Gasteiger partial charge in [0.15, 0.2) is 0 Å². The van der Waals surface area contributed by atoms with E-state index in [2.05, 4.69) is 15.5 Å². The van der Waals surface area contributed by atoms with Gasteiger partial charge in [-0.2, -0.15) is 0 Å². The molecule has 1 atom stereocenters. The first-order chi connectivity index (χ1) is 9.70. The fourth-order valence-corrected chi connectivity index (χ4v) is 3.17. The van der Waals surface area contributed by atoms with E-state index in [1.54, 1.807) is 6.92 Å². The predicted molar refractivity (Wildman–Crippen MR) is 73.3 cm³/mol. The van der Waals surface area contributed by atoms with Crippen LogP contribution in [0.5, 0.6) is 0 Å². The number of hydrogen-bond donors (Lipinski definition) is 1. The normalized spacial score (nSPS) is 17.3. The third kappa shape index (κ3) is 4.17. The third-order valence-corrected chi connectivity index (χ3v) is 4.32. The molecular weight excluding hydrogens is 280 g/mol. The molecule has 0 bridgehead atoms. The summed E-state index contributed by atoms with van der Waals surface area (Å²) in [6.07, 6.45) is 3.88. The van der Waals surface area contributed by atoms with Gasteiger partial charge in [0.1, 0.15) is 0 Å². The Morgan fingerprint density at radius 3 is 3.00 bits per heavy atom. The standard InChI is InChI=1S/C12H20N4O3S/c1-2-19-11(18)7-10(17)8-20-12-13-14-15-16(12)9-5-3-4-6-9/h9-10,17H,2-8H2,1H3. The number of carbonyl (C=O) groups is 1. The minimum Gasteiger partial charge on any atom is -0.466 e. The summed E-state index contributed by atoms with van der Waals surface area (Å²) in [5, 5.41) is 22.2. The Morgan fingerprint density at radius 2 is 2.30 bits per heavy atom. The predicted octanol–water partition coefficient (Wildman–Crippen LogP) is 1.19. The molecule has 1 heterocycles. The highest BCUT2D eigenvalue weighted by atomic mass is 32.2. The molecular formula is C12H20N4O3S. The summed E-state index contributed by atoms with van der Waals surface area (Å²) < 4.78 is 6.64. The minimum atomic E-state index is -0.743. The summed E-state index contributed by atoms with van der Waals surface area (Å²) >= 11 is 1.38. The largest absolute Gasteiger partial charge is 0.466 e. The van der Waals surface area contributed by atoms with Crippen molar-refractivity contribution < 1.29 is 14.6 Å². The van der Waals surface area contributed by atoms with Crippen molar-refractivity contribution in [2.45, 2.75) is 56.3 Å². The number of thioether (sulfide) groups is 1. The first-order valence-corrected chi connectivity index (χ1v) is 7.93. The van der Waals surface area contributed by atoms with Gasteiger partial charge in [0.05, 0.1) is 25.2 Å². The fourth-order valence-electron chi connectivity index (χ4n) is 2.30. The third-order valence-electron chi connectivity index (χ3n) is 3.25. The molecule has 0 spiro atoms. The molecule has 1 aromatic rings. The highest BCUT2D eigenvalue weighted by molar-refractivity contribution is 7.99. The number of rotatable bonds is 7. The van der Waals surface area contributed by atoms with Crippen LogP contribution in [0.2, 0.25) is 0 Å². The van der Waals surface area contributed by atoms with E-state index in [0.29, 0.717) is 23.6 Å². The maximum absolute atomic E-state index is 11.3. The molecule has 1 N–H and O–H groups in total. The summed E-state index contributed by atoms with van der Waals surface area (Å²) in [4.78, 5) is 11.3. The van der Waals surface area contributed by atoms with E-state index in [0.717, 1.165) is 12.8 Å². The molecule has 1 aromatic heterocycles. The molecule has 2 rings (SSSR count). The Kier molecular flexibility index (Phi) is 5.78. The maximum Gasteiger partial charge on any atom is 0.308 e. The van der Waals surface area contributed by atoms with Crippen LogP contribution < -0.4 is 0 Å². The second kappa shape index (κ2) is 7.58. The van der Waals surface area contributed by atoms with Gasteiger partial charge in [0.25, 0.3) is 0 Å². The van der Waals surface area contributed by atoms with Crippen LogP contribution in [0.25, 0.3) is 0 Å². The van der Waals surface area contributed by atoms with Gasteiger partial charge in [0.2, 0.25) is 5.16 Å². The molecule has 1 aliphatic rings. The number of tetrazole rings is 1. The van der Waals surface area contributed by atoms with Crippen LogP contribution >= 0.6 is 11.8 Å². The molecule has 0 saturated heterocycles. The van der Waals surface area contributed by atoms with Gasteiger partial charge < -0.3 is 9.84 Å². The lowest BCUT2D eigenvalue weighted by Crippen LogP contribution is -2.18. The molecule has 1 unspecified atom stereocenters. The van der Waals surface area contributed by atoms with Crippen LogP contribution in [0.15, 0.2) is 5.16 Å². The second-order valence-corrected chi connectivity index (χ2v) is 5.81. The van der Waals surface area contributed by atoms with Gasteiger partial charge in [-0.3, -0.25) is 4.79 Å². The van der Waals surface area contributed by atoms with Crippen LogP contribution in [-0.4, -0.2) is 49.7 Å². The Hall–Kier alpha value is -1.15. The van der Waals surface area contributed by atoms with Crippen LogP contribution in [0.3, 0.4) is 0 Å². The summed E-state index contributed by atoms with van der Waals surface area (Å²) in [7, 11) is 0. The van der Waals surface area contributed by atoms with Crippen molar-refractivity contribution in [3.8, 4) is 0 Å². The summed E-state index contributed by atoms with van der Waals surface area (Å²) in [6, 6.07) is 0.370. The molecule has 0 radical (unpaired) electrons. The number of hydrogen-bond acceptors (Lipinski definition) is 7.